The zero-order chi connectivity index (χ0) is 22.9. The van der Waals surface area contributed by atoms with Crippen LogP contribution >= 0.6 is 11.6 Å². The lowest BCUT2D eigenvalue weighted by atomic mass is 10.1. The second-order valence-corrected chi connectivity index (χ2v) is 8.35. The number of nitrogens with two attached hydrogens (primary N) is 2. The Balaban J connectivity index is 0.00000512. The molecule has 1 heterocycles. The molecule has 0 radical (unpaired) electrons. The highest BCUT2D eigenvalue weighted by molar-refractivity contribution is 6.31. The van der Waals surface area contributed by atoms with Crippen LogP contribution in [0.2, 0.25) is 5.15 Å². The van der Waals surface area contributed by atoms with Gasteiger partial charge in [0.2, 0.25) is 5.91 Å². The minimum Gasteiger partial charge on any atom is -1.00 e. The smallest absolute Gasteiger partial charge is 0.273 e. The van der Waals surface area contributed by atoms with E-state index < -0.39 is 5.91 Å². The van der Waals surface area contributed by atoms with Gasteiger partial charge in [-0.2, -0.15) is 0 Å². The number of nitrogens with zero attached hydrogens (tertiary/aromatic N) is 3. The van der Waals surface area contributed by atoms with Crippen molar-refractivity contribution >= 4 is 35.1 Å². The van der Waals surface area contributed by atoms with E-state index in [1.807, 2.05) is 30.3 Å². The molecule has 0 saturated heterocycles. The van der Waals surface area contributed by atoms with E-state index >= 15 is 0 Å². The summed E-state index contributed by atoms with van der Waals surface area (Å²) < 4.78 is 0.724. The molecule has 9 nitrogen and oxygen atoms in total. The molecule has 11 heteroatoms. The first-order chi connectivity index (χ1) is 14.7. The van der Waals surface area contributed by atoms with Crippen LogP contribution in [0.5, 0.6) is 0 Å². The lowest BCUT2D eigenvalue weighted by Gasteiger charge is -2.30. The topological polar surface area (TPSA) is 136 Å². The Morgan fingerprint density at radius 2 is 1.66 bits per heavy atom. The fourth-order valence-corrected chi connectivity index (χ4v) is 3.14. The number of aromatic nitrogens is 2. The Labute approximate surface area is 204 Å². The molecule has 0 spiro atoms. The highest BCUT2D eigenvalue weighted by Gasteiger charge is 2.18. The summed E-state index contributed by atoms with van der Waals surface area (Å²) >= 11 is 5.82. The van der Waals surface area contributed by atoms with Crippen LogP contribution < -0.4 is 39.1 Å². The van der Waals surface area contributed by atoms with Crippen molar-refractivity contribution < 1.29 is 31.1 Å². The van der Waals surface area contributed by atoms with E-state index in [0.717, 1.165) is 36.0 Å². The third-order valence-electron chi connectivity index (χ3n) is 4.84. The lowest BCUT2D eigenvalue weighted by Crippen LogP contribution is -3.00. The Morgan fingerprint density at radius 3 is 2.34 bits per heavy atom. The van der Waals surface area contributed by atoms with Crippen molar-refractivity contribution in [3.63, 3.8) is 0 Å². The third-order valence-corrected chi connectivity index (χ3v) is 5.12. The first-order valence-electron chi connectivity index (χ1n) is 10.2. The van der Waals surface area contributed by atoms with Gasteiger partial charge in [0, 0.05) is 6.54 Å². The quantitative estimate of drug-likeness (QED) is 0.202. The SMILES string of the molecule is C[N+](C)(CCCCNC(=O)Cc1ccccc1)CCNC(=O)c1nc(Cl)c(N)nc1N.[Br-]. The Morgan fingerprint density at radius 1 is 0.969 bits per heavy atom. The van der Waals surface area contributed by atoms with Crippen molar-refractivity contribution in [3.8, 4) is 0 Å². The van der Waals surface area contributed by atoms with Gasteiger partial charge < -0.3 is 43.6 Å². The summed E-state index contributed by atoms with van der Waals surface area (Å²) in [5, 5.41) is 5.70. The van der Waals surface area contributed by atoms with E-state index in [1.54, 1.807) is 0 Å². The van der Waals surface area contributed by atoms with Gasteiger partial charge in [0.25, 0.3) is 5.91 Å². The number of hydrogen-bond acceptors (Lipinski definition) is 6. The predicted molar refractivity (Wildman–Crippen MR) is 122 cm³/mol. The number of rotatable bonds is 11. The molecule has 32 heavy (non-hydrogen) atoms. The van der Waals surface area contributed by atoms with Gasteiger partial charge in [-0.05, 0) is 18.4 Å². The van der Waals surface area contributed by atoms with E-state index in [1.165, 1.54) is 0 Å². The van der Waals surface area contributed by atoms with E-state index in [2.05, 4.69) is 34.7 Å². The van der Waals surface area contributed by atoms with Crippen molar-refractivity contribution in [1.29, 1.82) is 0 Å². The number of anilines is 2. The second-order valence-electron chi connectivity index (χ2n) is 7.99. The van der Waals surface area contributed by atoms with Crippen LogP contribution in [-0.4, -0.2) is 66.5 Å². The summed E-state index contributed by atoms with van der Waals surface area (Å²) in [6, 6.07) is 9.68. The number of carbonyl (C=O) groups excluding carboxylic acids is 2. The van der Waals surface area contributed by atoms with Crippen molar-refractivity contribution in [2.24, 2.45) is 0 Å². The molecule has 2 rings (SSSR count). The minimum atomic E-state index is -0.437. The van der Waals surface area contributed by atoms with Crippen molar-refractivity contribution in [1.82, 2.24) is 20.6 Å². The highest BCUT2D eigenvalue weighted by Crippen LogP contribution is 2.17. The first kappa shape index (κ1) is 27.6. The molecule has 0 unspecified atom stereocenters. The highest BCUT2D eigenvalue weighted by atomic mass is 79.9. The zero-order valence-electron chi connectivity index (χ0n) is 18.4. The molecule has 1 aromatic carbocycles. The molecule has 0 fully saturated rings. The number of quaternary nitrogens is 1. The fourth-order valence-electron chi connectivity index (χ4n) is 3.01. The lowest BCUT2D eigenvalue weighted by molar-refractivity contribution is -0.889. The Hall–Kier alpha value is -2.43. The monoisotopic (exact) mass is 527 g/mol. The third kappa shape index (κ3) is 9.37. The first-order valence-corrected chi connectivity index (χ1v) is 10.5. The second kappa shape index (κ2) is 13.2. The molecule has 2 aromatic rings. The number of nitrogens with one attached hydrogen (secondary N) is 2. The average molecular weight is 529 g/mol. The number of amides is 2. The predicted octanol–water partition coefficient (Wildman–Crippen LogP) is -1.76. The fraction of sp³-hybridized carbons (Fsp3) is 0.429. The van der Waals surface area contributed by atoms with Gasteiger partial charge >= 0.3 is 0 Å². The summed E-state index contributed by atoms with van der Waals surface area (Å²) in [6.45, 7) is 2.74. The van der Waals surface area contributed by atoms with Gasteiger partial charge in [-0.3, -0.25) is 9.59 Å². The summed E-state index contributed by atoms with van der Waals surface area (Å²) in [7, 11) is 4.18. The van der Waals surface area contributed by atoms with Gasteiger partial charge in [0.05, 0.1) is 40.2 Å². The molecule has 0 bridgehead atoms. The maximum atomic E-state index is 12.3. The number of unbranched alkanes of at least 4 members (excludes halogenated alkanes) is 1. The van der Waals surface area contributed by atoms with E-state index in [0.29, 0.717) is 19.5 Å². The van der Waals surface area contributed by atoms with Crippen LogP contribution in [0, 0.1) is 0 Å². The van der Waals surface area contributed by atoms with Gasteiger partial charge in [-0.1, -0.05) is 41.9 Å². The average Bonchev–Trinajstić information content (AvgIpc) is 2.71. The molecular weight excluding hydrogens is 498 g/mol. The van der Waals surface area contributed by atoms with Crippen molar-refractivity contribution in [2.75, 3.05) is 51.7 Å². The van der Waals surface area contributed by atoms with Crippen LogP contribution in [0.4, 0.5) is 11.6 Å². The Bertz CT molecular complexity index is 897. The number of halogens is 2. The van der Waals surface area contributed by atoms with Gasteiger partial charge in [0.1, 0.15) is 0 Å². The number of likely N-dealkylation sites (N-methyl/N-ethyl adjacent to an activating group) is 1. The number of carbonyl (C=O) groups is 2. The normalized spacial score (nSPS) is 10.8. The molecule has 2 amide bonds. The van der Waals surface area contributed by atoms with Crippen molar-refractivity contribution in [3.05, 3.63) is 46.7 Å². The van der Waals surface area contributed by atoms with Crippen LogP contribution in [0.3, 0.4) is 0 Å². The maximum Gasteiger partial charge on any atom is 0.273 e. The van der Waals surface area contributed by atoms with E-state index in [4.69, 9.17) is 23.1 Å². The molecular formula is C21H31BrClN7O2. The van der Waals surface area contributed by atoms with E-state index in [-0.39, 0.29) is 45.4 Å². The summed E-state index contributed by atoms with van der Waals surface area (Å²) in [4.78, 5) is 31.9. The Kier molecular flexibility index (Phi) is 11.4. The molecule has 0 saturated carbocycles. The van der Waals surface area contributed by atoms with Crippen molar-refractivity contribution in [2.45, 2.75) is 19.3 Å². The number of nitrogen functional groups attached to an aromatic ring is 2. The van der Waals surface area contributed by atoms with Crippen LogP contribution in [-0.2, 0) is 11.2 Å². The van der Waals surface area contributed by atoms with Gasteiger partial charge in [0.15, 0.2) is 22.5 Å². The molecule has 176 valence electrons. The van der Waals surface area contributed by atoms with Gasteiger partial charge in [-0.15, -0.1) is 0 Å². The number of benzene rings is 1. The largest absolute Gasteiger partial charge is 1.00 e. The molecule has 0 atom stereocenters. The van der Waals surface area contributed by atoms with E-state index in [9.17, 15) is 9.59 Å². The summed E-state index contributed by atoms with van der Waals surface area (Å²) in [5.74, 6) is -0.465. The zero-order valence-corrected chi connectivity index (χ0v) is 20.7. The minimum absolute atomic E-state index is 0. The summed E-state index contributed by atoms with van der Waals surface area (Å²) in [5.41, 5.74) is 12.2. The van der Waals surface area contributed by atoms with Gasteiger partial charge in [-0.25, -0.2) is 9.97 Å². The van der Waals surface area contributed by atoms with Crippen LogP contribution in [0.25, 0.3) is 0 Å². The molecule has 0 aliphatic rings. The van der Waals surface area contributed by atoms with Crippen LogP contribution in [0.15, 0.2) is 30.3 Å². The van der Waals surface area contributed by atoms with Crippen LogP contribution in [0.1, 0.15) is 28.9 Å². The maximum absolute atomic E-state index is 12.3. The summed E-state index contributed by atoms with van der Waals surface area (Å²) in [6.07, 6.45) is 2.25. The molecule has 1 aromatic heterocycles. The molecule has 0 aliphatic heterocycles. The molecule has 0 aliphatic carbocycles. The number of hydrogen-bond donors (Lipinski definition) is 4. The molecule has 6 N–H and O–H groups in total. The standard InChI is InChI=1S/C21H30ClN7O2.BrH/c1-29(2,12-7-6-10-25-16(30)14-15-8-4-3-5-9-15)13-11-26-21(31)17-19(23)28-20(24)18(22)27-17;/h3-5,8-9H,6-7,10-14H2,1-2H3,(H5-,23,24,25,26,28,30,31);1H.